The Balaban J connectivity index is 1.38. The Kier molecular flexibility index (Phi) is 6.65. The van der Waals surface area contributed by atoms with Gasteiger partial charge in [-0.3, -0.25) is 4.79 Å². The molecule has 0 aliphatic carbocycles. The molecule has 32 heavy (non-hydrogen) atoms. The molecule has 8 nitrogen and oxygen atoms in total. The smallest absolute Gasteiger partial charge is 0.321 e. The number of ether oxygens (including phenoxy) is 1. The van der Waals surface area contributed by atoms with Crippen LogP contribution in [-0.2, 0) is 0 Å². The number of aryl methyl sites for hydroxylation is 1. The van der Waals surface area contributed by atoms with Crippen molar-refractivity contribution in [3.63, 3.8) is 0 Å². The van der Waals surface area contributed by atoms with Crippen LogP contribution in [0.15, 0.2) is 48.5 Å². The van der Waals surface area contributed by atoms with Gasteiger partial charge in [-0.15, -0.1) is 10.2 Å². The summed E-state index contributed by atoms with van der Waals surface area (Å²) in [7, 11) is 1.60. The Hall–Kier alpha value is -3.46. The third-order valence-electron chi connectivity index (χ3n) is 5.43. The maximum absolute atomic E-state index is 12.7. The van der Waals surface area contributed by atoms with E-state index in [0.29, 0.717) is 23.8 Å². The molecule has 0 saturated carbocycles. The SMILES string of the molecule is COc1ccc(NC(=O)N2CCC[C@H](c3nnc(C(=O)Nc4ccccc4C)s3)C2)cc1. The second kappa shape index (κ2) is 9.78. The van der Waals surface area contributed by atoms with Crippen molar-refractivity contribution < 1.29 is 14.3 Å². The van der Waals surface area contributed by atoms with Crippen LogP contribution in [-0.4, -0.2) is 47.2 Å². The lowest BCUT2D eigenvalue weighted by atomic mass is 9.99. The van der Waals surface area contributed by atoms with Gasteiger partial charge in [-0.1, -0.05) is 29.5 Å². The van der Waals surface area contributed by atoms with E-state index >= 15 is 0 Å². The predicted molar refractivity (Wildman–Crippen MR) is 125 cm³/mol. The molecule has 0 radical (unpaired) electrons. The van der Waals surface area contributed by atoms with E-state index < -0.39 is 0 Å². The zero-order valence-electron chi connectivity index (χ0n) is 18.0. The van der Waals surface area contributed by atoms with E-state index in [9.17, 15) is 9.59 Å². The summed E-state index contributed by atoms with van der Waals surface area (Å²) >= 11 is 1.29. The van der Waals surface area contributed by atoms with E-state index in [1.807, 2.05) is 43.3 Å². The first-order valence-electron chi connectivity index (χ1n) is 10.4. The number of carbonyl (C=O) groups is 2. The fraction of sp³-hybridized carbons (Fsp3) is 0.304. The number of likely N-dealkylation sites (tertiary alicyclic amines) is 1. The molecule has 0 unspecified atom stereocenters. The van der Waals surface area contributed by atoms with E-state index in [1.54, 1.807) is 24.1 Å². The Morgan fingerprint density at radius 2 is 1.88 bits per heavy atom. The number of nitrogens with zero attached hydrogens (tertiary/aromatic N) is 3. The molecular weight excluding hydrogens is 426 g/mol. The van der Waals surface area contributed by atoms with Crippen LogP contribution in [0.3, 0.4) is 0 Å². The van der Waals surface area contributed by atoms with E-state index in [4.69, 9.17) is 4.74 Å². The van der Waals surface area contributed by atoms with Crippen LogP contribution in [0.2, 0.25) is 0 Å². The average molecular weight is 452 g/mol. The van der Waals surface area contributed by atoms with Crippen molar-refractivity contribution in [1.29, 1.82) is 0 Å². The van der Waals surface area contributed by atoms with Gasteiger partial charge in [0, 0.05) is 30.4 Å². The van der Waals surface area contributed by atoms with E-state index in [-0.39, 0.29) is 17.9 Å². The highest BCUT2D eigenvalue weighted by Crippen LogP contribution is 2.30. The van der Waals surface area contributed by atoms with Crippen molar-refractivity contribution in [2.45, 2.75) is 25.7 Å². The van der Waals surface area contributed by atoms with Crippen LogP contribution in [0.25, 0.3) is 0 Å². The lowest BCUT2D eigenvalue weighted by Gasteiger charge is -2.31. The molecule has 3 aromatic rings. The average Bonchev–Trinajstić information content (AvgIpc) is 3.32. The molecule has 3 amide bonds. The van der Waals surface area contributed by atoms with Gasteiger partial charge in [-0.05, 0) is 55.7 Å². The Morgan fingerprint density at radius 3 is 2.62 bits per heavy atom. The Morgan fingerprint density at radius 1 is 1.09 bits per heavy atom. The van der Waals surface area contributed by atoms with Crippen LogP contribution in [0, 0.1) is 6.92 Å². The summed E-state index contributed by atoms with van der Waals surface area (Å²) in [4.78, 5) is 27.1. The molecule has 2 N–H and O–H groups in total. The number of urea groups is 1. The Labute approximate surface area is 190 Å². The number of nitrogens with one attached hydrogen (secondary N) is 2. The van der Waals surface area contributed by atoms with Crippen molar-refractivity contribution in [3.8, 4) is 5.75 Å². The molecule has 1 saturated heterocycles. The van der Waals surface area contributed by atoms with Crippen molar-refractivity contribution >= 4 is 34.6 Å². The third kappa shape index (κ3) is 5.05. The summed E-state index contributed by atoms with van der Waals surface area (Å²) in [5.41, 5.74) is 2.45. The molecule has 1 aliphatic heterocycles. The molecule has 9 heteroatoms. The second-order valence-corrected chi connectivity index (χ2v) is 8.67. The van der Waals surface area contributed by atoms with E-state index in [1.165, 1.54) is 11.3 Å². The van der Waals surface area contributed by atoms with E-state index in [0.717, 1.165) is 34.8 Å². The summed E-state index contributed by atoms with van der Waals surface area (Å²) < 4.78 is 5.15. The van der Waals surface area contributed by atoms with Crippen LogP contribution in [0.1, 0.15) is 39.1 Å². The minimum absolute atomic E-state index is 0.0582. The fourth-order valence-corrected chi connectivity index (χ4v) is 4.48. The van der Waals surface area contributed by atoms with Crippen LogP contribution in [0.5, 0.6) is 5.75 Å². The monoisotopic (exact) mass is 451 g/mol. The molecule has 0 spiro atoms. The minimum atomic E-state index is -0.270. The summed E-state index contributed by atoms with van der Waals surface area (Å²) in [6, 6.07) is 14.7. The molecule has 1 atom stereocenters. The van der Waals surface area contributed by atoms with Crippen molar-refractivity contribution in [3.05, 3.63) is 64.1 Å². The number of methoxy groups -OCH3 is 1. The molecule has 2 aromatic carbocycles. The van der Waals surface area contributed by atoms with Crippen molar-refractivity contribution in [2.75, 3.05) is 30.8 Å². The van der Waals surface area contributed by atoms with Crippen LogP contribution < -0.4 is 15.4 Å². The van der Waals surface area contributed by atoms with Crippen LogP contribution >= 0.6 is 11.3 Å². The van der Waals surface area contributed by atoms with Gasteiger partial charge in [0.1, 0.15) is 10.8 Å². The molecular formula is C23H25N5O3S. The highest BCUT2D eigenvalue weighted by molar-refractivity contribution is 7.13. The number of carbonyl (C=O) groups excluding carboxylic acids is 2. The van der Waals surface area contributed by atoms with E-state index in [2.05, 4.69) is 20.8 Å². The summed E-state index contributed by atoms with van der Waals surface area (Å²) in [6.45, 7) is 3.16. The van der Waals surface area contributed by atoms with Crippen molar-refractivity contribution in [2.24, 2.45) is 0 Å². The highest BCUT2D eigenvalue weighted by atomic mass is 32.1. The quantitative estimate of drug-likeness (QED) is 0.595. The Bertz CT molecular complexity index is 1100. The third-order valence-corrected chi connectivity index (χ3v) is 6.51. The zero-order valence-corrected chi connectivity index (χ0v) is 18.8. The number of anilines is 2. The lowest BCUT2D eigenvalue weighted by Crippen LogP contribution is -2.41. The number of aromatic nitrogens is 2. The predicted octanol–water partition coefficient (Wildman–Crippen LogP) is 4.52. The molecule has 2 heterocycles. The zero-order chi connectivity index (χ0) is 22.5. The summed E-state index contributed by atoms with van der Waals surface area (Å²) in [6.07, 6.45) is 1.77. The summed E-state index contributed by atoms with van der Waals surface area (Å²) in [5, 5.41) is 15.3. The summed E-state index contributed by atoms with van der Waals surface area (Å²) in [5.74, 6) is 0.524. The maximum atomic E-state index is 12.7. The van der Waals surface area contributed by atoms with Gasteiger partial charge >= 0.3 is 6.03 Å². The number of hydrogen-bond acceptors (Lipinski definition) is 6. The lowest BCUT2D eigenvalue weighted by molar-refractivity contribution is 0.102. The largest absolute Gasteiger partial charge is 0.497 e. The van der Waals surface area contributed by atoms with Gasteiger partial charge in [0.25, 0.3) is 5.91 Å². The molecule has 1 aliphatic rings. The number of rotatable bonds is 5. The number of amides is 3. The van der Waals surface area contributed by atoms with Crippen LogP contribution in [0.4, 0.5) is 16.2 Å². The molecule has 1 fully saturated rings. The van der Waals surface area contributed by atoms with Gasteiger partial charge in [-0.25, -0.2) is 4.79 Å². The first-order chi connectivity index (χ1) is 15.5. The first-order valence-corrected chi connectivity index (χ1v) is 11.3. The topological polar surface area (TPSA) is 96.4 Å². The normalized spacial score (nSPS) is 15.8. The number of piperidine rings is 1. The molecule has 166 valence electrons. The fourth-order valence-electron chi connectivity index (χ4n) is 3.62. The molecule has 1 aromatic heterocycles. The number of hydrogen-bond donors (Lipinski definition) is 2. The highest BCUT2D eigenvalue weighted by Gasteiger charge is 2.28. The van der Waals surface area contributed by atoms with Gasteiger partial charge in [0.2, 0.25) is 5.01 Å². The minimum Gasteiger partial charge on any atom is -0.497 e. The molecule has 4 rings (SSSR count). The second-order valence-electron chi connectivity index (χ2n) is 7.66. The number of para-hydroxylation sites is 1. The maximum Gasteiger partial charge on any atom is 0.321 e. The molecule has 0 bridgehead atoms. The van der Waals surface area contributed by atoms with Gasteiger partial charge in [0.15, 0.2) is 0 Å². The first kappa shape index (κ1) is 21.8. The number of benzene rings is 2. The van der Waals surface area contributed by atoms with Gasteiger partial charge in [0.05, 0.1) is 7.11 Å². The van der Waals surface area contributed by atoms with Gasteiger partial charge < -0.3 is 20.3 Å². The standard InChI is InChI=1S/C23H25N5O3S/c1-15-6-3-4-8-19(15)25-20(29)22-27-26-21(32-22)16-7-5-13-28(14-16)23(30)24-17-9-11-18(31-2)12-10-17/h3-4,6,8-12,16H,5,7,13-14H2,1-2H3,(H,24,30)(H,25,29)/t16-/m0/s1. The van der Waals surface area contributed by atoms with Crippen molar-refractivity contribution in [1.82, 2.24) is 15.1 Å². The van der Waals surface area contributed by atoms with Gasteiger partial charge in [-0.2, -0.15) is 0 Å².